The van der Waals surface area contributed by atoms with Gasteiger partial charge in [-0.2, -0.15) is 0 Å². The van der Waals surface area contributed by atoms with E-state index in [1.807, 2.05) is 0 Å². The van der Waals surface area contributed by atoms with Crippen molar-refractivity contribution in [2.75, 3.05) is 19.6 Å². The van der Waals surface area contributed by atoms with Crippen LogP contribution in [0.3, 0.4) is 0 Å². The molecule has 0 aliphatic heterocycles. The molecule has 0 aromatic heterocycles. The summed E-state index contributed by atoms with van der Waals surface area (Å²) in [6.45, 7) is 5.54. The van der Waals surface area contributed by atoms with Crippen LogP contribution in [0, 0.1) is 17.8 Å². The molecular formula is C15H30Cl2N2. The summed E-state index contributed by atoms with van der Waals surface area (Å²) in [5, 5.41) is 0. The molecule has 2 N–H and O–H groups in total. The van der Waals surface area contributed by atoms with Crippen molar-refractivity contribution in [1.82, 2.24) is 4.90 Å². The molecule has 19 heavy (non-hydrogen) atoms. The van der Waals surface area contributed by atoms with Crippen LogP contribution >= 0.6 is 24.8 Å². The third-order valence-electron chi connectivity index (χ3n) is 5.57. The van der Waals surface area contributed by atoms with Crippen LogP contribution in [0.15, 0.2) is 0 Å². The molecular weight excluding hydrogens is 279 g/mol. The van der Waals surface area contributed by atoms with Gasteiger partial charge in [0.15, 0.2) is 0 Å². The summed E-state index contributed by atoms with van der Waals surface area (Å²) in [4.78, 5) is 2.78. The van der Waals surface area contributed by atoms with E-state index in [1.54, 1.807) is 19.3 Å². The molecule has 4 bridgehead atoms. The van der Waals surface area contributed by atoms with E-state index in [0.717, 1.165) is 30.8 Å². The summed E-state index contributed by atoms with van der Waals surface area (Å²) in [6, 6.07) is 0. The molecule has 4 aliphatic carbocycles. The van der Waals surface area contributed by atoms with E-state index in [2.05, 4.69) is 11.8 Å². The average molecular weight is 309 g/mol. The molecule has 0 unspecified atom stereocenters. The van der Waals surface area contributed by atoms with Crippen molar-refractivity contribution in [3.8, 4) is 0 Å². The fraction of sp³-hybridized carbons (Fsp3) is 1.00. The zero-order valence-corrected chi connectivity index (χ0v) is 13.8. The van der Waals surface area contributed by atoms with Gasteiger partial charge in [0.1, 0.15) is 0 Å². The van der Waals surface area contributed by atoms with Crippen molar-refractivity contribution in [3.05, 3.63) is 0 Å². The lowest BCUT2D eigenvalue weighted by Crippen LogP contribution is -2.60. The van der Waals surface area contributed by atoms with Gasteiger partial charge in [-0.25, -0.2) is 0 Å². The average Bonchev–Trinajstić information content (AvgIpc) is 2.27. The second-order valence-electron chi connectivity index (χ2n) is 6.92. The van der Waals surface area contributed by atoms with Gasteiger partial charge in [-0.15, -0.1) is 24.8 Å². The zero-order valence-electron chi connectivity index (χ0n) is 12.1. The van der Waals surface area contributed by atoms with E-state index in [0.29, 0.717) is 5.54 Å². The molecule has 0 heterocycles. The van der Waals surface area contributed by atoms with Crippen LogP contribution in [0.4, 0.5) is 0 Å². The molecule has 2 nitrogen and oxygen atoms in total. The Labute approximate surface area is 130 Å². The first kappa shape index (κ1) is 17.6. The summed E-state index contributed by atoms with van der Waals surface area (Å²) in [5.41, 5.74) is 6.41. The first-order valence-electron chi connectivity index (χ1n) is 7.71. The van der Waals surface area contributed by atoms with E-state index in [1.165, 1.54) is 32.2 Å². The lowest BCUT2D eigenvalue weighted by molar-refractivity contribution is -0.0876. The fourth-order valence-electron chi connectivity index (χ4n) is 5.46. The van der Waals surface area contributed by atoms with Gasteiger partial charge in [-0.1, -0.05) is 6.92 Å². The molecule has 0 amide bonds. The Morgan fingerprint density at radius 1 is 0.947 bits per heavy atom. The molecule has 4 fully saturated rings. The van der Waals surface area contributed by atoms with Crippen LogP contribution in [0.2, 0.25) is 0 Å². The molecule has 0 radical (unpaired) electrons. The van der Waals surface area contributed by atoms with Crippen molar-refractivity contribution in [3.63, 3.8) is 0 Å². The topological polar surface area (TPSA) is 29.3 Å². The molecule has 4 heteroatoms. The van der Waals surface area contributed by atoms with E-state index in [9.17, 15) is 0 Å². The molecule has 0 atom stereocenters. The number of nitrogens with two attached hydrogens (primary N) is 1. The Morgan fingerprint density at radius 2 is 1.42 bits per heavy atom. The van der Waals surface area contributed by atoms with E-state index < -0.39 is 0 Å². The minimum absolute atomic E-state index is 0. The highest BCUT2D eigenvalue weighted by molar-refractivity contribution is 5.85. The number of rotatable bonds is 5. The van der Waals surface area contributed by atoms with E-state index >= 15 is 0 Å². The van der Waals surface area contributed by atoms with Gasteiger partial charge >= 0.3 is 0 Å². The third kappa shape index (κ3) is 3.23. The zero-order chi connectivity index (χ0) is 11.9. The van der Waals surface area contributed by atoms with Crippen LogP contribution in [0.25, 0.3) is 0 Å². The smallest absolute Gasteiger partial charge is 0.0218 e. The lowest BCUT2D eigenvalue weighted by Gasteiger charge is -2.60. The molecule has 0 aromatic rings. The van der Waals surface area contributed by atoms with E-state index in [-0.39, 0.29) is 24.8 Å². The maximum atomic E-state index is 5.84. The quantitative estimate of drug-likeness (QED) is 0.842. The monoisotopic (exact) mass is 308 g/mol. The normalized spacial score (nSPS) is 39.0. The molecule has 0 saturated heterocycles. The maximum Gasteiger partial charge on any atom is 0.0218 e. The molecule has 4 rings (SSSR count). The molecule has 0 aromatic carbocycles. The van der Waals surface area contributed by atoms with Crippen LogP contribution in [-0.2, 0) is 0 Å². The Hall–Kier alpha value is 0.500. The van der Waals surface area contributed by atoms with Gasteiger partial charge in [0.2, 0.25) is 0 Å². The molecule has 4 saturated carbocycles. The van der Waals surface area contributed by atoms with Gasteiger partial charge < -0.3 is 5.73 Å². The van der Waals surface area contributed by atoms with Crippen LogP contribution < -0.4 is 5.73 Å². The van der Waals surface area contributed by atoms with Crippen LogP contribution in [0.5, 0.6) is 0 Å². The largest absolute Gasteiger partial charge is 0.329 e. The Kier molecular flexibility index (Phi) is 6.44. The number of nitrogens with zero attached hydrogens (tertiary/aromatic N) is 1. The third-order valence-corrected chi connectivity index (χ3v) is 5.57. The Balaban J connectivity index is 0.000000902. The number of halogens is 2. The number of hydrogen-bond donors (Lipinski definition) is 1. The summed E-state index contributed by atoms with van der Waals surface area (Å²) in [5.74, 6) is 3.16. The summed E-state index contributed by atoms with van der Waals surface area (Å²) in [6.07, 6.45) is 10.4. The van der Waals surface area contributed by atoms with Crippen molar-refractivity contribution in [2.24, 2.45) is 23.5 Å². The summed E-state index contributed by atoms with van der Waals surface area (Å²) < 4.78 is 0. The highest BCUT2D eigenvalue weighted by Crippen LogP contribution is 2.57. The second-order valence-corrected chi connectivity index (χ2v) is 6.92. The summed E-state index contributed by atoms with van der Waals surface area (Å²) in [7, 11) is 0. The first-order chi connectivity index (χ1) is 8.25. The lowest BCUT2D eigenvalue weighted by atomic mass is 9.52. The van der Waals surface area contributed by atoms with Crippen molar-refractivity contribution in [1.29, 1.82) is 0 Å². The molecule has 0 spiro atoms. The number of hydrogen-bond acceptors (Lipinski definition) is 2. The minimum Gasteiger partial charge on any atom is -0.329 e. The SMILES string of the molecule is CCCN(CCN)C12CC3CC(CC(C3)C1)C2.Cl.Cl. The molecule has 114 valence electrons. The fourth-order valence-corrected chi connectivity index (χ4v) is 5.46. The van der Waals surface area contributed by atoms with Crippen LogP contribution in [-0.4, -0.2) is 30.1 Å². The predicted octanol–water partition coefficient (Wildman–Crippen LogP) is 3.47. The first-order valence-corrected chi connectivity index (χ1v) is 7.71. The minimum atomic E-state index is 0. The van der Waals surface area contributed by atoms with Gasteiger partial charge in [0.05, 0.1) is 0 Å². The van der Waals surface area contributed by atoms with Crippen molar-refractivity contribution in [2.45, 2.75) is 57.4 Å². The Morgan fingerprint density at radius 3 is 1.79 bits per heavy atom. The van der Waals surface area contributed by atoms with Crippen molar-refractivity contribution >= 4 is 24.8 Å². The van der Waals surface area contributed by atoms with Gasteiger partial charge in [-0.3, -0.25) is 4.90 Å². The predicted molar refractivity (Wildman–Crippen MR) is 86.3 cm³/mol. The van der Waals surface area contributed by atoms with E-state index in [4.69, 9.17) is 5.73 Å². The molecule has 4 aliphatic rings. The van der Waals surface area contributed by atoms with Gasteiger partial charge in [0.25, 0.3) is 0 Å². The van der Waals surface area contributed by atoms with Crippen molar-refractivity contribution < 1.29 is 0 Å². The highest BCUT2D eigenvalue weighted by atomic mass is 35.5. The maximum absolute atomic E-state index is 5.84. The van der Waals surface area contributed by atoms with Gasteiger partial charge in [-0.05, 0) is 69.2 Å². The van der Waals surface area contributed by atoms with Gasteiger partial charge in [0, 0.05) is 18.6 Å². The standard InChI is InChI=1S/C15H28N2.2ClH/c1-2-4-17(5-3-16)15-9-12-6-13(10-15)8-14(7-12)11-15;;/h12-14H,2-11,16H2,1H3;2*1H. The summed E-state index contributed by atoms with van der Waals surface area (Å²) >= 11 is 0. The highest BCUT2D eigenvalue weighted by Gasteiger charge is 2.52. The second kappa shape index (κ2) is 6.98. The Bertz CT molecular complexity index is 242. The van der Waals surface area contributed by atoms with Crippen LogP contribution in [0.1, 0.15) is 51.9 Å².